The standard InChI is InChI=1S/C11H19N3O3/c1-11(2)9(15)12-3-4-14(11)10(16)13-5-7-17-8-6-13/h3-8H2,1-2H3,(H,12,15). The van der Waals surface area contributed by atoms with Crippen molar-refractivity contribution in [3.8, 4) is 0 Å². The van der Waals surface area contributed by atoms with E-state index in [9.17, 15) is 9.59 Å². The summed E-state index contributed by atoms with van der Waals surface area (Å²) in [6, 6.07) is -0.0619. The van der Waals surface area contributed by atoms with Gasteiger partial charge in [-0.1, -0.05) is 0 Å². The summed E-state index contributed by atoms with van der Waals surface area (Å²) in [6.07, 6.45) is 0. The first kappa shape index (κ1) is 12.2. The highest BCUT2D eigenvalue weighted by Gasteiger charge is 2.42. The minimum absolute atomic E-state index is 0.0619. The molecule has 0 bridgehead atoms. The lowest BCUT2D eigenvalue weighted by molar-refractivity contribution is -0.133. The molecule has 0 spiro atoms. The van der Waals surface area contributed by atoms with Crippen LogP contribution in [0.5, 0.6) is 0 Å². The van der Waals surface area contributed by atoms with Crippen LogP contribution in [0, 0.1) is 0 Å². The van der Waals surface area contributed by atoms with E-state index in [0.717, 1.165) is 0 Å². The van der Waals surface area contributed by atoms with E-state index in [-0.39, 0.29) is 11.9 Å². The van der Waals surface area contributed by atoms with E-state index in [4.69, 9.17) is 4.74 Å². The third kappa shape index (κ3) is 2.22. The molecule has 1 N–H and O–H groups in total. The summed E-state index contributed by atoms with van der Waals surface area (Å²) in [5.74, 6) is -0.0923. The zero-order chi connectivity index (χ0) is 12.5. The Hall–Kier alpha value is -1.30. The maximum Gasteiger partial charge on any atom is 0.321 e. The van der Waals surface area contributed by atoms with Gasteiger partial charge >= 0.3 is 6.03 Å². The molecule has 6 nitrogen and oxygen atoms in total. The van der Waals surface area contributed by atoms with Gasteiger partial charge in [-0.25, -0.2) is 4.79 Å². The summed E-state index contributed by atoms with van der Waals surface area (Å²) >= 11 is 0. The van der Waals surface area contributed by atoms with Crippen molar-refractivity contribution < 1.29 is 14.3 Å². The van der Waals surface area contributed by atoms with Crippen molar-refractivity contribution >= 4 is 11.9 Å². The van der Waals surface area contributed by atoms with Gasteiger partial charge in [0, 0.05) is 26.2 Å². The van der Waals surface area contributed by atoms with Gasteiger partial charge in [0.05, 0.1) is 13.2 Å². The predicted octanol–water partition coefficient (Wildman–Crippen LogP) is -0.351. The van der Waals surface area contributed by atoms with Gasteiger partial charge < -0.3 is 19.9 Å². The minimum Gasteiger partial charge on any atom is -0.378 e. The van der Waals surface area contributed by atoms with E-state index in [1.807, 2.05) is 0 Å². The molecule has 0 aliphatic carbocycles. The second kappa shape index (κ2) is 4.52. The Balaban J connectivity index is 2.09. The van der Waals surface area contributed by atoms with Gasteiger partial charge in [0.25, 0.3) is 0 Å². The monoisotopic (exact) mass is 241 g/mol. The second-order valence-electron chi connectivity index (χ2n) is 4.85. The number of urea groups is 1. The molecule has 0 radical (unpaired) electrons. The first-order chi connectivity index (χ1) is 8.03. The van der Waals surface area contributed by atoms with Crippen LogP contribution in [0.4, 0.5) is 4.79 Å². The van der Waals surface area contributed by atoms with Gasteiger partial charge in [-0.15, -0.1) is 0 Å². The average Bonchev–Trinajstić information content (AvgIpc) is 2.33. The van der Waals surface area contributed by atoms with Crippen molar-refractivity contribution in [2.24, 2.45) is 0 Å². The molecular formula is C11H19N3O3. The van der Waals surface area contributed by atoms with E-state index < -0.39 is 5.54 Å². The lowest BCUT2D eigenvalue weighted by Crippen LogP contribution is -2.66. The number of rotatable bonds is 0. The highest BCUT2D eigenvalue weighted by Crippen LogP contribution is 2.19. The molecular weight excluding hydrogens is 222 g/mol. The minimum atomic E-state index is -0.770. The highest BCUT2D eigenvalue weighted by atomic mass is 16.5. The fourth-order valence-electron chi connectivity index (χ4n) is 2.16. The molecule has 2 fully saturated rings. The number of piperazine rings is 1. The Morgan fingerprint density at radius 2 is 1.94 bits per heavy atom. The Bertz CT molecular complexity index is 324. The van der Waals surface area contributed by atoms with Gasteiger partial charge in [0.2, 0.25) is 5.91 Å². The topological polar surface area (TPSA) is 61.9 Å². The smallest absolute Gasteiger partial charge is 0.321 e. The molecule has 0 aromatic rings. The van der Waals surface area contributed by atoms with Crippen LogP contribution < -0.4 is 5.32 Å². The SMILES string of the molecule is CC1(C)C(=O)NCCN1C(=O)N1CCOCC1. The molecule has 17 heavy (non-hydrogen) atoms. The number of nitrogens with zero attached hydrogens (tertiary/aromatic N) is 2. The molecule has 2 aliphatic rings. The zero-order valence-corrected chi connectivity index (χ0v) is 10.4. The molecule has 2 aliphatic heterocycles. The summed E-state index contributed by atoms with van der Waals surface area (Å²) in [5.41, 5.74) is -0.770. The number of hydrogen-bond donors (Lipinski definition) is 1. The summed E-state index contributed by atoms with van der Waals surface area (Å²) in [4.78, 5) is 27.5. The maximum absolute atomic E-state index is 12.3. The lowest BCUT2D eigenvalue weighted by Gasteiger charge is -2.44. The Labute approximate surface area is 101 Å². The third-order valence-electron chi connectivity index (χ3n) is 3.36. The number of hydrogen-bond acceptors (Lipinski definition) is 3. The summed E-state index contributed by atoms with van der Waals surface area (Å²) in [5, 5.41) is 2.78. The molecule has 3 amide bonds. The molecule has 0 aromatic carbocycles. The largest absolute Gasteiger partial charge is 0.378 e. The van der Waals surface area contributed by atoms with Gasteiger partial charge in [-0.3, -0.25) is 4.79 Å². The Morgan fingerprint density at radius 3 is 2.59 bits per heavy atom. The Kier molecular flexibility index (Phi) is 3.24. The number of carbonyl (C=O) groups is 2. The van der Waals surface area contributed by atoms with Gasteiger partial charge in [0.1, 0.15) is 5.54 Å². The van der Waals surface area contributed by atoms with Crippen LogP contribution in [0.15, 0.2) is 0 Å². The van der Waals surface area contributed by atoms with Crippen LogP contribution >= 0.6 is 0 Å². The quantitative estimate of drug-likeness (QED) is 0.630. The van der Waals surface area contributed by atoms with E-state index in [1.165, 1.54) is 0 Å². The van der Waals surface area contributed by atoms with Crippen LogP contribution in [0.25, 0.3) is 0 Å². The van der Waals surface area contributed by atoms with Crippen molar-refractivity contribution in [1.82, 2.24) is 15.1 Å². The second-order valence-corrected chi connectivity index (χ2v) is 4.85. The number of nitrogens with one attached hydrogen (secondary N) is 1. The molecule has 0 atom stereocenters. The van der Waals surface area contributed by atoms with Crippen LogP contribution in [0.3, 0.4) is 0 Å². The number of amides is 3. The fourth-order valence-corrected chi connectivity index (χ4v) is 2.16. The van der Waals surface area contributed by atoms with E-state index in [1.54, 1.807) is 23.6 Å². The summed E-state index contributed by atoms with van der Waals surface area (Å²) < 4.78 is 5.22. The average molecular weight is 241 g/mol. The summed E-state index contributed by atoms with van der Waals surface area (Å²) in [6.45, 7) is 7.01. The van der Waals surface area contributed by atoms with Gasteiger partial charge in [-0.05, 0) is 13.8 Å². The molecule has 0 aromatic heterocycles. The fraction of sp³-hybridized carbons (Fsp3) is 0.818. The van der Waals surface area contributed by atoms with Crippen molar-refractivity contribution in [2.45, 2.75) is 19.4 Å². The third-order valence-corrected chi connectivity index (χ3v) is 3.36. The van der Waals surface area contributed by atoms with Crippen LogP contribution in [-0.4, -0.2) is 66.7 Å². The molecule has 96 valence electrons. The molecule has 0 unspecified atom stereocenters. The van der Waals surface area contributed by atoms with Crippen molar-refractivity contribution in [1.29, 1.82) is 0 Å². The first-order valence-electron chi connectivity index (χ1n) is 5.96. The number of carbonyl (C=O) groups excluding carboxylic acids is 2. The highest BCUT2D eigenvalue weighted by molar-refractivity contribution is 5.91. The number of ether oxygens (including phenoxy) is 1. The molecule has 2 rings (SSSR count). The maximum atomic E-state index is 12.3. The molecule has 6 heteroatoms. The molecule has 2 saturated heterocycles. The van der Waals surface area contributed by atoms with Crippen molar-refractivity contribution in [2.75, 3.05) is 39.4 Å². The van der Waals surface area contributed by atoms with Crippen molar-refractivity contribution in [3.05, 3.63) is 0 Å². The zero-order valence-electron chi connectivity index (χ0n) is 10.4. The van der Waals surface area contributed by atoms with Crippen LogP contribution in [0.2, 0.25) is 0 Å². The van der Waals surface area contributed by atoms with Gasteiger partial charge in [0.15, 0.2) is 0 Å². The summed E-state index contributed by atoms with van der Waals surface area (Å²) in [7, 11) is 0. The Morgan fingerprint density at radius 1 is 1.29 bits per heavy atom. The van der Waals surface area contributed by atoms with Crippen LogP contribution in [0.1, 0.15) is 13.8 Å². The van der Waals surface area contributed by atoms with Crippen molar-refractivity contribution in [3.63, 3.8) is 0 Å². The van der Waals surface area contributed by atoms with Gasteiger partial charge in [-0.2, -0.15) is 0 Å². The van der Waals surface area contributed by atoms with Crippen LogP contribution in [-0.2, 0) is 9.53 Å². The first-order valence-corrected chi connectivity index (χ1v) is 5.96. The number of morpholine rings is 1. The molecule has 0 saturated carbocycles. The predicted molar refractivity (Wildman–Crippen MR) is 61.6 cm³/mol. The van der Waals surface area contributed by atoms with E-state index >= 15 is 0 Å². The van der Waals surface area contributed by atoms with E-state index in [0.29, 0.717) is 39.4 Å². The van der Waals surface area contributed by atoms with E-state index in [2.05, 4.69) is 5.32 Å². The molecule has 2 heterocycles. The normalized spacial score (nSPS) is 24.5. The lowest BCUT2D eigenvalue weighted by atomic mass is 9.99.